The van der Waals surface area contributed by atoms with Crippen molar-refractivity contribution in [3.05, 3.63) is 0 Å². The van der Waals surface area contributed by atoms with Gasteiger partial charge in [0.15, 0.2) is 0 Å². The van der Waals surface area contributed by atoms with E-state index in [1.165, 1.54) is 4.90 Å². The molecule has 0 heterocycles. The van der Waals surface area contributed by atoms with E-state index in [-0.39, 0.29) is 12.8 Å². The second kappa shape index (κ2) is 8.32. The van der Waals surface area contributed by atoms with E-state index >= 15 is 0 Å². The van der Waals surface area contributed by atoms with E-state index in [9.17, 15) is 14.4 Å². The van der Waals surface area contributed by atoms with Crippen LogP contribution in [0.2, 0.25) is 0 Å². The fourth-order valence-electron chi connectivity index (χ4n) is 1.30. The number of carboxylic acid groups (broad SMARTS) is 1. The highest BCUT2D eigenvalue weighted by Gasteiger charge is 2.21. The van der Waals surface area contributed by atoms with Crippen LogP contribution in [-0.2, 0) is 9.59 Å². The molecule has 0 fully saturated rings. The second-order valence-electron chi connectivity index (χ2n) is 4.12. The molecule has 0 bridgehead atoms. The van der Waals surface area contributed by atoms with Crippen LogP contribution in [-0.4, -0.2) is 47.5 Å². The Kier molecular flexibility index (Phi) is 7.50. The molecule has 0 aromatic carbocycles. The maximum atomic E-state index is 11.6. The average Bonchev–Trinajstić information content (AvgIpc) is 2.30. The van der Waals surface area contributed by atoms with Crippen molar-refractivity contribution in [3.8, 4) is 0 Å². The van der Waals surface area contributed by atoms with Crippen molar-refractivity contribution in [2.24, 2.45) is 5.73 Å². The lowest BCUT2D eigenvalue weighted by molar-refractivity contribution is -0.139. The largest absolute Gasteiger partial charge is 0.480 e. The molecule has 0 aromatic heterocycles. The highest BCUT2D eigenvalue weighted by atomic mass is 16.4. The van der Waals surface area contributed by atoms with Gasteiger partial charge in [-0.25, -0.2) is 9.59 Å². The predicted molar refractivity (Wildman–Crippen MR) is 65.9 cm³/mol. The minimum Gasteiger partial charge on any atom is -0.480 e. The van der Waals surface area contributed by atoms with Gasteiger partial charge in [-0.15, -0.1) is 0 Å². The van der Waals surface area contributed by atoms with Gasteiger partial charge in [-0.05, 0) is 12.8 Å². The molecule has 4 N–H and O–H groups in total. The summed E-state index contributed by atoms with van der Waals surface area (Å²) < 4.78 is 0. The maximum Gasteiger partial charge on any atom is 0.326 e. The van der Waals surface area contributed by atoms with Crippen LogP contribution in [0.25, 0.3) is 0 Å². The average molecular weight is 259 g/mol. The number of hydrogen-bond donors (Lipinski definition) is 3. The van der Waals surface area contributed by atoms with E-state index in [4.69, 9.17) is 10.8 Å². The Labute approximate surface area is 106 Å². The zero-order valence-corrected chi connectivity index (χ0v) is 10.8. The van der Waals surface area contributed by atoms with Crippen molar-refractivity contribution in [2.45, 2.75) is 38.6 Å². The number of carboxylic acids is 1. The zero-order chi connectivity index (χ0) is 14.1. The molecular formula is C11H21N3O4. The normalized spacial score (nSPS) is 11.7. The van der Waals surface area contributed by atoms with Crippen LogP contribution >= 0.6 is 0 Å². The van der Waals surface area contributed by atoms with Crippen molar-refractivity contribution in [1.29, 1.82) is 0 Å². The number of amides is 3. The Hall–Kier alpha value is -1.79. The summed E-state index contributed by atoms with van der Waals surface area (Å²) in [6.07, 6.45) is 1.72. The fourth-order valence-corrected chi connectivity index (χ4v) is 1.30. The number of hydrogen-bond acceptors (Lipinski definition) is 3. The number of nitrogens with zero attached hydrogens (tertiary/aromatic N) is 1. The Balaban J connectivity index is 4.26. The van der Waals surface area contributed by atoms with E-state index in [0.717, 1.165) is 12.8 Å². The van der Waals surface area contributed by atoms with Crippen molar-refractivity contribution in [2.75, 3.05) is 13.6 Å². The van der Waals surface area contributed by atoms with E-state index < -0.39 is 23.9 Å². The summed E-state index contributed by atoms with van der Waals surface area (Å²) in [5.74, 6) is -1.76. The number of urea groups is 1. The van der Waals surface area contributed by atoms with E-state index in [1.54, 1.807) is 7.05 Å². The molecule has 1 unspecified atom stereocenters. The quantitative estimate of drug-likeness (QED) is 0.575. The molecule has 0 radical (unpaired) electrons. The predicted octanol–water partition coefficient (Wildman–Crippen LogP) is 0.147. The molecule has 1 atom stereocenters. The Morgan fingerprint density at radius 1 is 1.39 bits per heavy atom. The van der Waals surface area contributed by atoms with Gasteiger partial charge in [-0.1, -0.05) is 13.3 Å². The summed E-state index contributed by atoms with van der Waals surface area (Å²) in [6, 6.07) is -1.55. The zero-order valence-electron chi connectivity index (χ0n) is 10.8. The van der Waals surface area contributed by atoms with Gasteiger partial charge in [0.25, 0.3) is 0 Å². The number of carbonyl (C=O) groups excluding carboxylic acids is 2. The molecule has 104 valence electrons. The van der Waals surface area contributed by atoms with Crippen molar-refractivity contribution < 1.29 is 19.5 Å². The number of unbranched alkanes of at least 4 members (excludes halogenated alkanes) is 1. The molecule has 0 saturated heterocycles. The SMILES string of the molecule is CCCCN(C)C(=O)NC(CCC(N)=O)C(=O)O. The van der Waals surface area contributed by atoms with Gasteiger partial charge in [-0.3, -0.25) is 4.79 Å². The number of rotatable bonds is 8. The van der Waals surface area contributed by atoms with Crippen LogP contribution in [0.5, 0.6) is 0 Å². The topological polar surface area (TPSA) is 113 Å². The Morgan fingerprint density at radius 3 is 2.44 bits per heavy atom. The van der Waals surface area contributed by atoms with Crippen LogP contribution in [0, 0.1) is 0 Å². The standard InChI is InChI=1S/C11H21N3O4/c1-3-4-7-14(2)11(18)13-8(10(16)17)5-6-9(12)15/h8H,3-7H2,1-2H3,(H2,12,15)(H,13,18)(H,16,17). The molecule has 0 aliphatic heterocycles. The monoisotopic (exact) mass is 259 g/mol. The number of aliphatic carboxylic acids is 1. The molecule has 7 heteroatoms. The van der Waals surface area contributed by atoms with Crippen LogP contribution in [0.3, 0.4) is 0 Å². The van der Waals surface area contributed by atoms with Gasteiger partial charge in [0.1, 0.15) is 6.04 Å². The number of nitrogens with two attached hydrogens (primary N) is 1. The van der Waals surface area contributed by atoms with Gasteiger partial charge in [-0.2, -0.15) is 0 Å². The first-order chi connectivity index (χ1) is 8.38. The van der Waals surface area contributed by atoms with Gasteiger partial charge in [0, 0.05) is 20.0 Å². The number of carbonyl (C=O) groups is 3. The third kappa shape index (κ3) is 6.72. The molecule has 3 amide bonds. The highest BCUT2D eigenvalue weighted by Crippen LogP contribution is 2.00. The first kappa shape index (κ1) is 16.2. The fraction of sp³-hybridized carbons (Fsp3) is 0.727. The van der Waals surface area contributed by atoms with Crippen LogP contribution in [0.1, 0.15) is 32.6 Å². The maximum absolute atomic E-state index is 11.6. The van der Waals surface area contributed by atoms with Crippen molar-refractivity contribution in [3.63, 3.8) is 0 Å². The Bertz CT molecular complexity index is 307. The lowest BCUT2D eigenvalue weighted by Gasteiger charge is -2.21. The molecule has 18 heavy (non-hydrogen) atoms. The molecule has 7 nitrogen and oxygen atoms in total. The molecule has 0 rings (SSSR count). The summed E-state index contributed by atoms with van der Waals surface area (Å²) in [6.45, 7) is 2.56. The van der Waals surface area contributed by atoms with Gasteiger partial charge < -0.3 is 21.1 Å². The molecular weight excluding hydrogens is 238 g/mol. The lowest BCUT2D eigenvalue weighted by Crippen LogP contribution is -2.47. The van der Waals surface area contributed by atoms with Gasteiger partial charge >= 0.3 is 12.0 Å². The minimum atomic E-state index is -1.17. The van der Waals surface area contributed by atoms with Crippen LogP contribution < -0.4 is 11.1 Å². The summed E-state index contributed by atoms with van der Waals surface area (Å²) in [5.41, 5.74) is 4.94. The van der Waals surface area contributed by atoms with Crippen LogP contribution in [0.15, 0.2) is 0 Å². The van der Waals surface area contributed by atoms with Crippen molar-refractivity contribution >= 4 is 17.9 Å². The van der Waals surface area contributed by atoms with E-state index in [1.807, 2.05) is 6.92 Å². The van der Waals surface area contributed by atoms with Crippen LogP contribution in [0.4, 0.5) is 4.79 Å². The van der Waals surface area contributed by atoms with Gasteiger partial charge in [0.05, 0.1) is 0 Å². The molecule has 0 aliphatic rings. The third-order valence-electron chi connectivity index (χ3n) is 2.47. The summed E-state index contributed by atoms with van der Waals surface area (Å²) >= 11 is 0. The van der Waals surface area contributed by atoms with E-state index in [0.29, 0.717) is 6.54 Å². The van der Waals surface area contributed by atoms with Gasteiger partial charge in [0.2, 0.25) is 5.91 Å². The molecule has 0 saturated carbocycles. The molecule has 0 spiro atoms. The second-order valence-corrected chi connectivity index (χ2v) is 4.12. The molecule has 0 aliphatic carbocycles. The lowest BCUT2D eigenvalue weighted by atomic mass is 10.1. The summed E-state index contributed by atoms with van der Waals surface area (Å²) in [7, 11) is 1.60. The minimum absolute atomic E-state index is 0.00196. The van der Waals surface area contributed by atoms with Crippen molar-refractivity contribution in [1.82, 2.24) is 10.2 Å². The Morgan fingerprint density at radius 2 is 2.00 bits per heavy atom. The summed E-state index contributed by atoms with van der Waals surface area (Å²) in [5, 5.41) is 11.3. The van der Waals surface area contributed by atoms with E-state index in [2.05, 4.69) is 5.32 Å². The first-order valence-electron chi connectivity index (χ1n) is 5.91. The first-order valence-corrected chi connectivity index (χ1v) is 5.91. The highest BCUT2D eigenvalue weighted by molar-refractivity contribution is 5.83. The smallest absolute Gasteiger partial charge is 0.326 e. The third-order valence-corrected chi connectivity index (χ3v) is 2.47. The molecule has 0 aromatic rings. The number of primary amides is 1. The summed E-state index contributed by atoms with van der Waals surface area (Å²) in [4.78, 5) is 34.6. The number of nitrogens with one attached hydrogen (secondary N) is 1.